The monoisotopic (exact) mass is 617 g/mol. The fourth-order valence-electron chi connectivity index (χ4n) is 11.3. The molecule has 2 aliphatic heterocycles. The highest BCUT2D eigenvalue weighted by Crippen LogP contribution is 2.66. The van der Waals surface area contributed by atoms with Gasteiger partial charge in [-0.15, -0.1) is 0 Å². The normalized spacial score (nSPS) is 37.4. The Morgan fingerprint density at radius 2 is 1.73 bits per heavy atom. The van der Waals surface area contributed by atoms with Crippen molar-refractivity contribution in [3.63, 3.8) is 0 Å². The Hall–Kier alpha value is -2.74. The van der Waals surface area contributed by atoms with E-state index in [1.807, 2.05) is 18.2 Å². The predicted octanol–water partition coefficient (Wildman–Crippen LogP) is 5.36. The van der Waals surface area contributed by atoms with Crippen LogP contribution in [0.3, 0.4) is 0 Å². The maximum Gasteiger partial charge on any atom is 0.237 e. The van der Waals surface area contributed by atoms with Gasteiger partial charge >= 0.3 is 0 Å². The predicted molar refractivity (Wildman–Crippen MR) is 171 cm³/mol. The molecule has 7 aliphatic rings. The molecule has 1 aromatic rings. The van der Waals surface area contributed by atoms with Crippen LogP contribution in [0.1, 0.15) is 120 Å². The fraction of sp³-hybridized carbons (Fsp3) is 0.730. The van der Waals surface area contributed by atoms with Gasteiger partial charge < -0.3 is 10.1 Å². The average molecular weight is 618 g/mol. The standard InChI is InChI=1S/C37H51N3O5/c1-35-18-24-19-36(2,21-35)23-37(20-24,22-35)39-34(44)29-7-4-15-40(29)16-5-17-45-30-8-3-6-28-27(30)13-11-25(32(28)42)9-10-26-12-14-31(41)38-33(26)43/h3,6,8,24-26,29H,4-5,7,9-23H2,1-2H3,(H,39,44)(H,38,41,43). The number of carbonyl (C=O) groups excluding carboxylic acids is 4. The molecule has 8 nitrogen and oxygen atoms in total. The zero-order valence-electron chi connectivity index (χ0n) is 27.3. The van der Waals surface area contributed by atoms with Crippen LogP contribution < -0.4 is 15.4 Å². The van der Waals surface area contributed by atoms with Crippen LogP contribution in [0.2, 0.25) is 0 Å². The van der Waals surface area contributed by atoms with Gasteiger partial charge in [0.05, 0.1) is 12.6 Å². The number of Topliss-reactive ketones (excluding diaryl/α,β-unsaturated/α-hetero) is 1. The van der Waals surface area contributed by atoms with Crippen LogP contribution in [-0.2, 0) is 20.8 Å². The SMILES string of the molecule is CC12CC3CC(C)(C1)CC(NC(=O)C1CCCN1CCCOc1cccc4c1CCC(CCC1CCC(=O)NC1=O)C4=O)(C3)C2. The minimum atomic E-state index is -0.200. The van der Waals surface area contributed by atoms with E-state index in [-0.39, 0.29) is 46.9 Å². The summed E-state index contributed by atoms with van der Waals surface area (Å²) in [6.45, 7) is 7.26. The van der Waals surface area contributed by atoms with Gasteiger partial charge in [-0.05, 0) is 119 Å². The number of carbonyl (C=O) groups is 4. The lowest BCUT2D eigenvalue weighted by atomic mass is 9.43. The molecule has 5 atom stereocenters. The van der Waals surface area contributed by atoms with E-state index < -0.39 is 0 Å². The van der Waals surface area contributed by atoms with E-state index in [1.54, 1.807) is 0 Å². The molecule has 0 aromatic heterocycles. The molecule has 2 saturated heterocycles. The largest absolute Gasteiger partial charge is 0.493 e. The average Bonchev–Trinajstić information content (AvgIpc) is 3.43. The van der Waals surface area contributed by atoms with Crippen LogP contribution in [0.4, 0.5) is 0 Å². The first-order valence-corrected chi connectivity index (χ1v) is 17.7. The Morgan fingerprint density at radius 1 is 0.978 bits per heavy atom. The van der Waals surface area contributed by atoms with Gasteiger partial charge in [0.15, 0.2) is 5.78 Å². The van der Waals surface area contributed by atoms with Crippen molar-refractivity contribution in [2.24, 2.45) is 28.6 Å². The Bertz CT molecular complexity index is 1360. The number of hydrogen-bond donors (Lipinski definition) is 2. The summed E-state index contributed by atoms with van der Waals surface area (Å²) in [6, 6.07) is 5.73. The number of amides is 3. The highest BCUT2D eigenvalue weighted by molar-refractivity contribution is 6.01. The highest BCUT2D eigenvalue weighted by atomic mass is 16.5. The zero-order valence-corrected chi connectivity index (χ0v) is 27.3. The molecule has 1 aromatic carbocycles. The second kappa shape index (κ2) is 11.8. The fourth-order valence-corrected chi connectivity index (χ4v) is 11.3. The van der Waals surface area contributed by atoms with Crippen molar-refractivity contribution >= 4 is 23.5 Å². The summed E-state index contributed by atoms with van der Waals surface area (Å²) in [7, 11) is 0. The number of piperidine rings is 1. The lowest BCUT2D eigenvalue weighted by molar-refractivity contribution is -0.143. The number of ketones is 1. The van der Waals surface area contributed by atoms with Crippen LogP contribution in [0, 0.1) is 28.6 Å². The molecule has 5 aliphatic carbocycles. The van der Waals surface area contributed by atoms with Gasteiger partial charge in [-0.2, -0.15) is 0 Å². The first-order valence-electron chi connectivity index (χ1n) is 17.7. The van der Waals surface area contributed by atoms with E-state index in [0.717, 1.165) is 87.3 Å². The van der Waals surface area contributed by atoms with E-state index in [2.05, 4.69) is 29.4 Å². The molecule has 0 spiro atoms. The van der Waals surface area contributed by atoms with Crippen molar-refractivity contribution in [2.75, 3.05) is 19.7 Å². The third kappa shape index (κ3) is 6.20. The van der Waals surface area contributed by atoms with Gasteiger partial charge in [0, 0.05) is 41.5 Å². The molecule has 244 valence electrons. The lowest BCUT2D eigenvalue weighted by Crippen LogP contribution is -2.66. The van der Waals surface area contributed by atoms with Crippen molar-refractivity contribution in [2.45, 2.75) is 122 Å². The third-order valence-corrected chi connectivity index (χ3v) is 12.3. The van der Waals surface area contributed by atoms with Crippen molar-refractivity contribution in [3.05, 3.63) is 29.3 Å². The summed E-state index contributed by atoms with van der Waals surface area (Å²) in [5.41, 5.74) is 2.50. The molecule has 6 fully saturated rings. The zero-order chi connectivity index (χ0) is 31.4. The first-order chi connectivity index (χ1) is 21.5. The summed E-state index contributed by atoms with van der Waals surface area (Å²) in [4.78, 5) is 53.1. The molecule has 3 amide bonds. The second-order valence-electron chi connectivity index (χ2n) is 16.4. The maximum atomic E-state index is 13.7. The van der Waals surface area contributed by atoms with Crippen LogP contribution >= 0.6 is 0 Å². The van der Waals surface area contributed by atoms with E-state index in [4.69, 9.17) is 4.74 Å². The molecule has 4 saturated carbocycles. The van der Waals surface area contributed by atoms with Gasteiger partial charge in [-0.3, -0.25) is 29.4 Å². The van der Waals surface area contributed by atoms with Crippen LogP contribution in [0.5, 0.6) is 5.75 Å². The van der Waals surface area contributed by atoms with E-state index in [1.165, 1.54) is 19.3 Å². The van der Waals surface area contributed by atoms with Gasteiger partial charge in [0.2, 0.25) is 17.7 Å². The van der Waals surface area contributed by atoms with Crippen LogP contribution in [0.25, 0.3) is 0 Å². The number of imide groups is 1. The van der Waals surface area contributed by atoms with Crippen LogP contribution in [0.15, 0.2) is 18.2 Å². The number of benzene rings is 1. The first kappa shape index (κ1) is 30.9. The molecule has 5 unspecified atom stereocenters. The van der Waals surface area contributed by atoms with Gasteiger partial charge in [0.1, 0.15) is 5.75 Å². The smallest absolute Gasteiger partial charge is 0.237 e. The number of ether oxygens (including phenoxy) is 1. The summed E-state index contributed by atoms with van der Waals surface area (Å²) >= 11 is 0. The van der Waals surface area contributed by atoms with E-state index >= 15 is 0 Å². The molecular formula is C37H51N3O5. The van der Waals surface area contributed by atoms with Gasteiger partial charge in [-0.25, -0.2) is 0 Å². The maximum absolute atomic E-state index is 13.7. The minimum absolute atomic E-state index is 0.00877. The Morgan fingerprint density at radius 3 is 2.49 bits per heavy atom. The number of rotatable bonds is 10. The summed E-state index contributed by atoms with van der Waals surface area (Å²) < 4.78 is 6.27. The third-order valence-electron chi connectivity index (χ3n) is 12.3. The Kier molecular flexibility index (Phi) is 8.10. The molecule has 8 rings (SSSR count). The molecule has 0 radical (unpaired) electrons. The molecule has 4 bridgehead atoms. The Labute approximate surface area is 267 Å². The van der Waals surface area contributed by atoms with Crippen molar-refractivity contribution in [1.29, 1.82) is 0 Å². The lowest BCUT2D eigenvalue weighted by Gasteiger charge is -2.65. The number of nitrogens with zero attached hydrogens (tertiary/aromatic N) is 1. The molecule has 45 heavy (non-hydrogen) atoms. The second-order valence-corrected chi connectivity index (χ2v) is 16.4. The summed E-state index contributed by atoms with van der Waals surface area (Å²) in [5.74, 6) is 1.26. The number of fused-ring (bicyclic) bond motifs is 1. The van der Waals surface area contributed by atoms with E-state index in [0.29, 0.717) is 43.1 Å². The molecule has 2 heterocycles. The molecule has 2 N–H and O–H groups in total. The quantitative estimate of drug-likeness (QED) is 0.271. The molecular weight excluding hydrogens is 566 g/mol. The molecule has 8 heteroatoms. The number of hydrogen-bond acceptors (Lipinski definition) is 6. The van der Waals surface area contributed by atoms with Crippen molar-refractivity contribution in [3.8, 4) is 5.75 Å². The van der Waals surface area contributed by atoms with E-state index in [9.17, 15) is 19.2 Å². The highest BCUT2D eigenvalue weighted by Gasteiger charge is 2.60. The van der Waals surface area contributed by atoms with Crippen LogP contribution in [-0.4, -0.2) is 59.7 Å². The number of nitrogens with one attached hydrogen (secondary N) is 2. The Balaban J connectivity index is 0.899. The number of likely N-dealkylation sites (tertiary alicyclic amines) is 1. The summed E-state index contributed by atoms with van der Waals surface area (Å²) in [5, 5.41) is 6.09. The van der Waals surface area contributed by atoms with Crippen molar-refractivity contribution < 1.29 is 23.9 Å². The van der Waals surface area contributed by atoms with Gasteiger partial charge in [-0.1, -0.05) is 26.0 Å². The van der Waals surface area contributed by atoms with Gasteiger partial charge in [0.25, 0.3) is 0 Å². The minimum Gasteiger partial charge on any atom is -0.493 e. The van der Waals surface area contributed by atoms with Crippen molar-refractivity contribution in [1.82, 2.24) is 15.5 Å². The topological polar surface area (TPSA) is 105 Å². The summed E-state index contributed by atoms with van der Waals surface area (Å²) in [6.07, 6.45) is 14.0.